The summed E-state index contributed by atoms with van der Waals surface area (Å²) in [4.78, 5) is 20.8. The number of fused-ring (bicyclic) bond motifs is 1. The highest BCUT2D eigenvalue weighted by molar-refractivity contribution is 6.06. The minimum absolute atomic E-state index is 0.285. The van der Waals surface area contributed by atoms with E-state index in [4.69, 9.17) is 0 Å². The van der Waals surface area contributed by atoms with Gasteiger partial charge in [-0.15, -0.1) is 0 Å². The Morgan fingerprint density at radius 1 is 1.04 bits per heavy atom. The Hall–Kier alpha value is -3.55. The lowest BCUT2D eigenvalue weighted by atomic mass is 10.2. The first kappa shape index (κ1) is 13.1. The van der Waals surface area contributed by atoms with Crippen molar-refractivity contribution < 1.29 is 4.79 Å². The number of anilines is 1. The maximum atomic E-state index is 12.4. The Labute approximate surface area is 130 Å². The lowest BCUT2D eigenvalue weighted by Crippen LogP contribution is -2.12. The van der Waals surface area contributed by atoms with E-state index < -0.39 is 0 Å². The lowest BCUT2D eigenvalue weighted by Gasteiger charge is -2.05. The van der Waals surface area contributed by atoms with Crippen molar-refractivity contribution in [1.29, 1.82) is 0 Å². The van der Waals surface area contributed by atoms with Gasteiger partial charge in [0.2, 0.25) is 0 Å². The molecule has 8 heteroatoms. The monoisotopic (exact) mass is 305 g/mol. The minimum Gasteiger partial charge on any atom is -0.319 e. The first-order valence-corrected chi connectivity index (χ1v) is 6.86. The number of nitrogens with zero attached hydrogens (tertiary/aromatic N) is 4. The fourth-order valence-corrected chi connectivity index (χ4v) is 2.24. The van der Waals surface area contributed by atoms with Crippen molar-refractivity contribution in [3.05, 3.63) is 54.6 Å². The van der Waals surface area contributed by atoms with E-state index in [1.807, 2.05) is 18.2 Å². The van der Waals surface area contributed by atoms with Crippen LogP contribution < -0.4 is 5.32 Å². The fraction of sp³-hybridized carbons (Fsp3) is 0. The van der Waals surface area contributed by atoms with Gasteiger partial charge in [-0.1, -0.05) is 6.07 Å². The molecule has 0 aliphatic heterocycles. The Kier molecular flexibility index (Phi) is 3.05. The van der Waals surface area contributed by atoms with E-state index in [-0.39, 0.29) is 5.91 Å². The van der Waals surface area contributed by atoms with Crippen LogP contribution in [0.1, 0.15) is 10.4 Å². The molecule has 0 bridgehead atoms. The SMILES string of the molecule is O=C(Nc1cn[nH]c1-c1ccccn1)c1cnc2cn[nH]c2c1. The Morgan fingerprint density at radius 2 is 1.96 bits per heavy atom. The first-order valence-electron chi connectivity index (χ1n) is 6.86. The van der Waals surface area contributed by atoms with Crippen LogP contribution in [0.3, 0.4) is 0 Å². The second kappa shape index (κ2) is 5.34. The molecule has 0 fully saturated rings. The first-order chi connectivity index (χ1) is 11.3. The van der Waals surface area contributed by atoms with E-state index in [1.165, 1.54) is 6.20 Å². The van der Waals surface area contributed by atoms with E-state index in [2.05, 4.69) is 35.7 Å². The highest BCUT2D eigenvalue weighted by atomic mass is 16.1. The number of aromatic amines is 2. The van der Waals surface area contributed by atoms with Crippen LogP contribution in [0.5, 0.6) is 0 Å². The largest absolute Gasteiger partial charge is 0.319 e. The zero-order valence-electron chi connectivity index (χ0n) is 11.8. The molecule has 4 rings (SSSR count). The lowest BCUT2D eigenvalue weighted by molar-refractivity contribution is 0.102. The molecule has 0 aliphatic rings. The number of aromatic nitrogens is 6. The molecular formula is C15H11N7O. The normalized spacial score (nSPS) is 10.8. The highest BCUT2D eigenvalue weighted by Gasteiger charge is 2.14. The molecule has 3 N–H and O–H groups in total. The van der Waals surface area contributed by atoms with E-state index in [9.17, 15) is 4.79 Å². The van der Waals surface area contributed by atoms with Crippen LogP contribution in [-0.4, -0.2) is 36.3 Å². The summed E-state index contributed by atoms with van der Waals surface area (Å²) < 4.78 is 0. The van der Waals surface area contributed by atoms with E-state index in [0.29, 0.717) is 33.7 Å². The third kappa shape index (κ3) is 2.42. The Balaban J connectivity index is 1.63. The molecular weight excluding hydrogens is 294 g/mol. The second-order valence-corrected chi connectivity index (χ2v) is 4.85. The van der Waals surface area contributed by atoms with E-state index in [0.717, 1.165) is 0 Å². The average Bonchev–Trinajstić information content (AvgIpc) is 3.23. The maximum absolute atomic E-state index is 12.4. The molecule has 0 saturated heterocycles. The van der Waals surface area contributed by atoms with Gasteiger partial charge in [-0.3, -0.25) is 25.0 Å². The number of carbonyl (C=O) groups is 1. The number of hydrogen-bond acceptors (Lipinski definition) is 5. The summed E-state index contributed by atoms with van der Waals surface area (Å²) in [6.07, 6.45) is 6.34. The van der Waals surface area contributed by atoms with Crippen LogP contribution in [0, 0.1) is 0 Å². The summed E-state index contributed by atoms with van der Waals surface area (Å²) >= 11 is 0. The van der Waals surface area contributed by atoms with Gasteiger partial charge < -0.3 is 5.32 Å². The summed E-state index contributed by atoms with van der Waals surface area (Å²) in [5.41, 5.74) is 3.74. The summed E-state index contributed by atoms with van der Waals surface area (Å²) in [5.74, 6) is -0.285. The van der Waals surface area contributed by atoms with Gasteiger partial charge in [0.15, 0.2) is 0 Å². The number of amides is 1. The van der Waals surface area contributed by atoms with Gasteiger partial charge in [0, 0.05) is 12.4 Å². The Morgan fingerprint density at radius 3 is 2.83 bits per heavy atom. The maximum Gasteiger partial charge on any atom is 0.257 e. The van der Waals surface area contributed by atoms with Crippen LogP contribution >= 0.6 is 0 Å². The molecule has 0 saturated carbocycles. The third-order valence-electron chi connectivity index (χ3n) is 3.36. The van der Waals surface area contributed by atoms with Gasteiger partial charge in [-0.25, -0.2) is 0 Å². The molecule has 0 aromatic carbocycles. The molecule has 4 aromatic heterocycles. The van der Waals surface area contributed by atoms with Crippen LogP contribution in [-0.2, 0) is 0 Å². The molecule has 0 aliphatic carbocycles. The zero-order valence-corrected chi connectivity index (χ0v) is 11.8. The topological polar surface area (TPSA) is 112 Å². The minimum atomic E-state index is -0.285. The number of carbonyl (C=O) groups excluding carboxylic acids is 1. The highest BCUT2D eigenvalue weighted by Crippen LogP contribution is 2.23. The standard InChI is InChI=1S/C15H11N7O/c23-15(9-5-11-12(17-6-9)7-18-21-11)20-13-8-19-22-14(13)10-3-1-2-4-16-10/h1-8H,(H,18,21)(H,19,22)(H,20,23). The number of nitrogens with one attached hydrogen (secondary N) is 3. The average molecular weight is 305 g/mol. The van der Waals surface area contributed by atoms with E-state index >= 15 is 0 Å². The molecule has 0 atom stereocenters. The molecule has 8 nitrogen and oxygen atoms in total. The van der Waals surface area contributed by atoms with Crippen molar-refractivity contribution in [2.24, 2.45) is 0 Å². The molecule has 112 valence electrons. The van der Waals surface area contributed by atoms with Gasteiger partial charge in [0.25, 0.3) is 5.91 Å². The van der Waals surface area contributed by atoms with Crippen molar-refractivity contribution in [2.45, 2.75) is 0 Å². The molecule has 0 spiro atoms. The number of rotatable bonds is 3. The van der Waals surface area contributed by atoms with Crippen molar-refractivity contribution in [1.82, 2.24) is 30.4 Å². The van der Waals surface area contributed by atoms with Crippen molar-refractivity contribution in [2.75, 3.05) is 5.32 Å². The predicted octanol–water partition coefficient (Wildman–Crippen LogP) is 2.00. The van der Waals surface area contributed by atoms with Crippen molar-refractivity contribution >= 4 is 22.6 Å². The van der Waals surface area contributed by atoms with Crippen LogP contribution in [0.15, 0.2) is 49.1 Å². The van der Waals surface area contributed by atoms with Crippen LogP contribution in [0.4, 0.5) is 5.69 Å². The molecule has 4 aromatic rings. The van der Waals surface area contributed by atoms with Gasteiger partial charge in [-0.2, -0.15) is 10.2 Å². The summed E-state index contributed by atoms with van der Waals surface area (Å²) in [6, 6.07) is 7.22. The third-order valence-corrected chi connectivity index (χ3v) is 3.36. The predicted molar refractivity (Wildman–Crippen MR) is 83.7 cm³/mol. The molecule has 23 heavy (non-hydrogen) atoms. The molecule has 1 amide bonds. The molecule has 0 unspecified atom stereocenters. The molecule has 0 radical (unpaired) electrons. The zero-order chi connectivity index (χ0) is 15.6. The fourth-order valence-electron chi connectivity index (χ4n) is 2.24. The van der Waals surface area contributed by atoms with E-state index in [1.54, 1.807) is 24.7 Å². The smallest absolute Gasteiger partial charge is 0.257 e. The van der Waals surface area contributed by atoms with Gasteiger partial charge in [0.1, 0.15) is 11.2 Å². The van der Waals surface area contributed by atoms with Crippen molar-refractivity contribution in [3.8, 4) is 11.4 Å². The van der Waals surface area contributed by atoms with Crippen LogP contribution in [0.2, 0.25) is 0 Å². The summed E-state index contributed by atoms with van der Waals surface area (Å²) in [6.45, 7) is 0. The number of H-pyrrole nitrogens is 2. The Bertz CT molecular complexity index is 974. The van der Waals surface area contributed by atoms with Crippen molar-refractivity contribution in [3.63, 3.8) is 0 Å². The molecule has 4 heterocycles. The summed E-state index contributed by atoms with van der Waals surface area (Å²) in [5, 5.41) is 16.3. The van der Waals surface area contributed by atoms with Crippen LogP contribution in [0.25, 0.3) is 22.4 Å². The second-order valence-electron chi connectivity index (χ2n) is 4.85. The van der Waals surface area contributed by atoms with Gasteiger partial charge >= 0.3 is 0 Å². The van der Waals surface area contributed by atoms with Gasteiger partial charge in [-0.05, 0) is 18.2 Å². The van der Waals surface area contributed by atoms with Gasteiger partial charge in [0.05, 0.1) is 34.9 Å². The number of pyridine rings is 2. The quantitative estimate of drug-likeness (QED) is 0.536. The summed E-state index contributed by atoms with van der Waals surface area (Å²) in [7, 11) is 0. The number of hydrogen-bond donors (Lipinski definition) is 3.